The highest BCUT2D eigenvalue weighted by atomic mass is 19.4. The summed E-state index contributed by atoms with van der Waals surface area (Å²) in [5.74, 6) is 0.430. The molecule has 0 saturated carbocycles. The van der Waals surface area contributed by atoms with E-state index < -0.39 is 24.2 Å². The van der Waals surface area contributed by atoms with Crippen molar-refractivity contribution in [1.29, 1.82) is 0 Å². The van der Waals surface area contributed by atoms with Crippen LogP contribution in [-0.2, 0) is 6.42 Å². The van der Waals surface area contributed by atoms with Crippen molar-refractivity contribution >= 4 is 11.7 Å². The fourth-order valence-electron chi connectivity index (χ4n) is 2.14. The van der Waals surface area contributed by atoms with Gasteiger partial charge in [0.1, 0.15) is 0 Å². The molecule has 1 aromatic rings. The number of halogens is 3. The third-order valence-electron chi connectivity index (χ3n) is 3.55. The third-order valence-corrected chi connectivity index (χ3v) is 3.55. The van der Waals surface area contributed by atoms with Gasteiger partial charge >= 0.3 is 12.2 Å². The SMILES string of the molecule is CC(C)CCC(C)(O)CNC(=O)Nc1ccccc1CC(F)(F)F. The fourth-order valence-corrected chi connectivity index (χ4v) is 2.14. The number of carbonyl (C=O) groups is 1. The first-order chi connectivity index (χ1) is 11.0. The van der Waals surface area contributed by atoms with Gasteiger partial charge in [0.25, 0.3) is 0 Å². The van der Waals surface area contributed by atoms with Crippen molar-refractivity contribution in [2.45, 2.75) is 51.8 Å². The Balaban J connectivity index is 2.59. The molecule has 0 aliphatic rings. The van der Waals surface area contributed by atoms with Crippen LogP contribution in [0.5, 0.6) is 0 Å². The Morgan fingerprint density at radius 1 is 1.25 bits per heavy atom. The second-order valence-electron chi connectivity index (χ2n) is 6.69. The predicted molar refractivity (Wildman–Crippen MR) is 87.9 cm³/mol. The van der Waals surface area contributed by atoms with Crippen molar-refractivity contribution < 1.29 is 23.1 Å². The molecular formula is C17H25F3N2O2. The molecule has 4 nitrogen and oxygen atoms in total. The summed E-state index contributed by atoms with van der Waals surface area (Å²) in [7, 11) is 0. The molecule has 1 rings (SSSR count). The smallest absolute Gasteiger partial charge is 0.388 e. The molecule has 0 fully saturated rings. The molecule has 0 aliphatic heterocycles. The van der Waals surface area contributed by atoms with Crippen molar-refractivity contribution in [1.82, 2.24) is 5.32 Å². The Labute approximate surface area is 140 Å². The summed E-state index contributed by atoms with van der Waals surface area (Å²) in [5, 5.41) is 15.1. The van der Waals surface area contributed by atoms with E-state index >= 15 is 0 Å². The Bertz CT molecular complexity index is 543. The molecule has 7 heteroatoms. The monoisotopic (exact) mass is 346 g/mol. The lowest BCUT2D eigenvalue weighted by Crippen LogP contribution is -2.42. The van der Waals surface area contributed by atoms with E-state index in [0.29, 0.717) is 12.3 Å². The van der Waals surface area contributed by atoms with Gasteiger partial charge in [-0.25, -0.2) is 4.79 Å². The number of hydrogen-bond donors (Lipinski definition) is 3. The minimum Gasteiger partial charge on any atom is -0.388 e. The maximum atomic E-state index is 12.6. The zero-order valence-electron chi connectivity index (χ0n) is 14.2. The summed E-state index contributed by atoms with van der Waals surface area (Å²) in [6, 6.07) is 5.13. The molecule has 24 heavy (non-hydrogen) atoms. The van der Waals surface area contributed by atoms with Gasteiger partial charge in [0.2, 0.25) is 0 Å². The van der Waals surface area contributed by atoms with E-state index in [-0.39, 0.29) is 17.8 Å². The summed E-state index contributed by atoms with van der Waals surface area (Å²) >= 11 is 0. The highest BCUT2D eigenvalue weighted by Gasteiger charge is 2.29. The van der Waals surface area contributed by atoms with Gasteiger partial charge in [0.05, 0.1) is 12.0 Å². The average Bonchev–Trinajstić information content (AvgIpc) is 2.44. The number of aliphatic hydroxyl groups is 1. The predicted octanol–water partition coefficient (Wildman–Crippen LogP) is 4.10. The summed E-state index contributed by atoms with van der Waals surface area (Å²) in [4.78, 5) is 11.9. The number of anilines is 1. The van der Waals surface area contributed by atoms with E-state index in [0.717, 1.165) is 6.42 Å². The van der Waals surface area contributed by atoms with E-state index in [9.17, 15) is 23.1 Å². The van der Waals surface area contributed by atoms with Crippen LogP contribution in [0.2, 0.25) is 0 Å². The van der Waals surface area contributed by atoms with E-state index in [1.807, 2.05) is 13.8 Å². The zero-order chi connectivity index (χ0) is 18.4. The lowest BCUT2D eigenvalue weighted by molar-refractivity contribution is -0.127. The second-order valence-corrected chi connectivity index (χ2v) is 6.69. The number of alkyl halides is 3. The summed E-state index contributed by atoms with van der Waals surface area (Å²) in [6.45, 7) is 5.71. The van der Waals surface area contributed by atoms with Gasteiger partial charge in [-0.2, -0.15) is 13.2 Å². The summed E-state index contributed by atoms with van der Waals surface area (Å²) in [5.41, 5.74) is -0.964. The molecule has 136 valence electrons. The molecule has 0 radical (unpaired) electrons. The minimum atomic E-state index is -4.35. The molecule has 1 unspecified atom stereocenters. The van der Waals surface area contributed by atoms with Gasteiger partial charge in [-0.3, -0.25) is 0 Å². The van der Waals surface area contributed by atoms with E-state index in [4.69, 9.17) is 0 Å². The lowest BCUT2D eigenvalue weighted by atomic mass is 9.95. The topological polar surface area (TPSA) is 61.4 Å². The van der Waals surface area contributed by atoms with Crippen LogP contribution >= 0.6 is 0 Å². The Hall–Kier alpha value is -1.76. The molecule has 0 bridgehead atoms. The van der Waals surface area contributed by atoms with Crippen LogP contribution in [-0.4, -0.2) is 29.5 Å². The number of nitrogens with one attached hydrogen (secondary N) is 2. The van der Waals surface area contributed by atoms with Crippen molar-refractivity contribution in [2.24, 2.45) is 5.92 Å². The number of rotatable bonds is 7. The third kappa shape index (κ3) is 8.19. The average molecular weight is 346 g/mol. The molecule has 2 amide bonds. The second kappa shape index (κ2) is 8.37. The van der Waals surface area contributed by atoms with Crippen LogP contribution in [0.3, 0.4) is 0 Å². The number of amides is 2. The Kier molecular flexibility index (Phi) is 7.08. The highest BCUT2D eigenvalue weighted by molar-refractivity contribution is 5.90. The quantitative estimate of drug-likeness (QED) is 0.696. The van der Waals surface area contributed by atoms with Gasteiger partial charge in [0.15, 0.2) is 0 Å². The Morgan fingerprint density at radius 3 is 2.46 bits per heavy atom. The molecule has 0 saturated heterocycles. The van der Waals surface area contributed by atoms with Gasteiger partial charge < -0.3 is 15.7 Å². The molecule has 1 atom stereocenters. The van der Waals surface area contributed by atoms with Crippen LogP contribution < -0.4 is 10.6 Å². The normalized spacial score (nSPS) is 14.3. The number of urea groups is 1. The van der Waals surface area contributed by atoms with Gasteiger partial charge in [-0.15, -0.1) is 0 Å². The van der Waals surface area contributed by atoms with Crippen LogP contribution in [0.15, 0.2) is 24.3 Å². The fraction of sp³-hybridized carbons (Fsp3) is 0.588. The van der Waals surface area contributed by atoms with Crippen molar-refractivity contribution in [3.8, 4) is 0 Å². The van der Waals surface area contributed by atoms with Gasteiger partial charge in [0, 0.05) is 12.2 Å². The minimum absolute atomic E-state index is 0.00767. The van der Waals surface area contributed by atoms with Crippen LogP contribution in [0.1, 0.15) is 39.2 Å². The first-order valence-electron chi connectivity index (χ1n) is 7.90. The number of para-hydroxylation sites is 1. The summed E-state index contributed by atoms with van der Waals surface area (Å²) < 4.78 is 37.7. The first-order valence-corrected chi connectivity index (χ1v) is 7.90. The molecule has 0 spiro atoms. The standard InChI is InChI=1S/C17H25F3N2O2/c1-12(2)8-9-16(3,24)11-21-15(23)22-14-7-5-4-6-13(14)10-17(18,19)20/h4-7,12,24H,8-11H2,1-3H3,(H2,21,22,23). The van der Waals surface area contributed by atoms with Gasteiger partial charge in [-0.1, -0.05) is 32.0 Å². The van der Waals surface area contributed by atoms with E-state index in [1.54, 1.807) is 13.0 Å². The number of benzene rings is 1. The molecule has 0 heterocycles. The Morgan fingerprint density at radius 2 is 1.88 bits per heavy atom. The molecular weight excluding hydrogens is 321 g/mol. The van der Waals surface area contributed by atoms with E-state index in [1.165, 1.54) is 18.2 Å². The molecule has 1 aromatic carbocycles. The maximum Gasteiger partial charge on any atom is 0.393 e. The largest absolute Gasteiger partial charge is 0.393 e. The summed E-state index contributed by atoms with van der Waals surface area (Å²) in [6.07, 6.45) is -4.13. The van der Waals surface area contributed by atoms with Crippen molar-refractivity contribution in [3.05, 3.63) is 29.8 Å². The first kappa shape index (κ1) is 20.3. The van der Waals surface area contributed by atoms with Crippen LogP contribution in [0.25, 0.3) is 0 Å². The van der Waals surface area contributed by atoms with Gasteiger partial charge in [-0.05, 0) is 37.3 Å². The number of hydrogen-bond acceptors (Lipinski definition) is 2. The lowest BCUT2D eigenvalue weighted by Gasteiger charge is -2.24. The van der Waals surface area contributed by atoms with Crippen LogP contribution in [0, 0.1) is 5.92 Å². The molecule has 0 aromatic heterocycles. The zero-order valence-corrected chi connectivity index (χ0v) is 14.2. The van der Waals surface area contributed by atoms with Crippen molar-refractivity contribution in [2.75, 3.05) is 11.9 Å². The van der Waals surface area contributed by atoms with E-state index in [2.05, 4.69) is 10.6 Å². The van der Waals surface area contributed by atoms with Crippen LogP contribution in [0.4, 0.5) is 23.7 Å². The molecule has 3 N–H and O–H groups in total. The van der Waals surface area contributed by atoms with Crippen molar-refractivity contribution in [3.63, 3.8) is 0 Å². The highest BCUT2D eigenvalue weighted by Crippen LogP contribution is 2.26. The number of carbonyl (C=O) groups excluding carboxylic acids is 1. The maximum absolute atomic E-state index is 12.6. The molecule has 0 aliphatic carbocycles.